The molecule has 0 atom stereocenters. The standard InChI is InChI=1S/C5H8N2O.C3H4N2O/c1-3-5(6)8-4(2)7-3;4-3-1-6-2-5-3/h6H2,1-2H3;1-2H,4H2. The van der Waals surface area contributed by atoms with Crippen molar-refractivity contribution < 1.29 is 8.83 Å². The summed E-state index contributed by atoms with van der Waals surface area (Å²) >= 11 is 0. The lowest BCUT2D eigenvalue weighted by Gasteiger charge is -1.78. The highest BCUT2D eigenvalue weighted by atomic mass is 16.4. The lowest BCUT2D eigenvalue weighted by Crippen LogP contribution is -1.82. The molecule has 0 saturated heterocycles. The summed E-state index contributed by atoms with van der Waals surface area (Å²) in [6.07, 6.45) is 2.66. The van der Waals surface area contributed by atoms with Crippen molar-refractivity contribution in [3.8, 4) is 0 Å². The van der Waals surface area contributed by atoms with Crippen molar-refractivity contribution in [3.63, 3.8) is 0 Å². The van der Waals surface area contributed by atoms with Crippen LogP contribution in [-0.4, -0.2) is 9.97 Å². The van der Waals surface area contributed by atoms with Gasteiger partial charge in [0.15, 0.2) is 18.1 Å². The lowest BCUT2D eigenvalue weighted by molar-refractivity contribution is 0.539. The number of hydrogen-bond acceptors (Lipinski definition) is 6. The van der Waals surface area contributed by atoms with Crippen LogP contribution in [0.5, 0.6) is 0 Å². The fourth-order valence-electron chi connectivity index (χ4n) is 0.769. The largest absolute Gasteiger partial charge is 0.449 e. The second kappa shape index (κ2) is 4.31. The van der Waals surface area contributed by atoms with Gasteiger partial charge in [0.2, 0.25) is 5.88 Å². The van der Waals surface area contributed by atoms with Gasteiger partial charge in [-0.1, -0.05) is 0 Å². The van der Waals surface area contributed by atoms with E-state index >= 15 is 0 Å². The molecule has 0 unspecified atom stereocenters. The SMILES string of the molecule is Cc1nc(C)c(N)o1.Nc1cocn1. The van der Waals surface area contributed by atoms with E-state index in [0.29, 0.717) is 17.6 Å². The highest BCUT2D eigenvalue weighted by Crippen LogP contribution is 2.09. The number of aromatic nitrogens is 2. The van der Waals surface area contributed by atoms with Crippen LogP contribution < -0.4 is 11.5 Å². The Morgan fingerprint density at radius 3 is 2.14 bits per heavy atom. The van der Waals surface area contributed by atoms with Crippen LogP contribution >= 0.6 is 0 Å². The van der Waals surface area contributed by atoms with Gasteiger partial charge in [-0.15, -0.1) is 0 Å². The van der Waals surface area contributed by atoms with Crippen LogP contribution in [-0.2, 0) is 0 Å². The molecule has 6 nitrogen and oxygen atoms in total. The minimum absolute atomic E-state index is 0.419. The second-order valence-corrected chi connectivity index (χ2v) is 2.60. The third-order valence-electron chi connectivity index (χ3n) is 1.39. The maximum atomic E-state index is 5.31. The number of anilines is 2. The number of nitrogens with two attached hydrogens (primary N) is 2. The van der Waals surface area contributed by atoms with Gasteiger partial charge >= 0.3 is 0 Å². The maximum Gasteiger partial charge on any atom is 0.214 e. The van der Waals surface area contributed by atoms with Gasteiger partial charge in [-0.2, -0.15) is 4.98 Å². The number of nitrogens with zero attached hydrogens (tertiary/aromatic N) is 2. The van der Waals surface area contributed by atoms with Gasteiger partial charge in [0.1, 0.15) is 12.0 Å². The first-order valence-corrected chi connectivity index (χ1v) is 3.92. The van der Waals surface area contributed by atoms with E-state index in [1.165, 1.54) is 12.7 Å². The molecular weight excluding hydrogens is 184 g/mol. The second-order valence-electron chi connectivity index (χ2n) is 2.60. The molecule has 0 aliphatic heterocycles. The van der Waals surface area contributed by atoms with Crippen LogP contribution in [0.1, 0.15) is 11.6 Å². The molecule has 0 amide bonds. The Morgan fingerprint density at radius 2 is 2.00 bits per heavy atom. The fourth-order valence-corrected chi connectivity index (χ4v) is 0.769. The molecule has 0 aromatic carbocycles. The number of oxazole rings is 2. The zero-order chi connectivity index (χ0) is 10.6. The van der Waals surface area contributed by atoms with Gasteiger partial charge < -0.3 is 20.3 Å². The Morgan fingerprint density at radius 1 is 1.29 bits per heavy atom. The molecule has 0 spiro atoms. The molecular formula is C8H12N4O2. The topological polar surface area (TPSA) is 104 Å². The van der Waals surface area contributed by atoms with Crippen LogP contribution in [0.15, 0.2) is 21.5 Å². The number of nitrogen functional groups attached to an aromatic ring is 2. The number of aryl methyl sites for hydroxylation is 2. The van der Waals surface area contributed by atoms with E-state index in [4.69, 9.17) is 15.9 Å². The Kier molecular flexibility index (Phi) is 3.11. The van der Waals surface area contributed by atoms with E-state index in [1.54, 1.807) is 6.92 Å². The molecule has 0 fully saturated rings. The Balaban J connectivity index is 0.000000146. The quantitative estimate of drug-likeness (QED) is 0.654. The van der Waals surface area contributed by atoms with E-state index in [2.05, 4.69) is 14.4 Å². The monoisotopic (exact) mass is 196 g/mol. The number of rotatable bonds is 0. The number of hydrogen-bond donors (Lipinski definition) is 2. The minimum atomic E-state index is 0.419. The van der Waals surface area contributed by atoms with Gasteiger partial charge in [-0.3, -0.25) is 0 Å². The first-order chi connectivity index (χ1) is 6.59. The molecule has 76 valence electrons. The molecule has 2 heterocycles. The van der Waals surface area contributed by atoms with Crippen molar-refractivity contribution in [1.29, 1.82) is 0 Å². The summed E-state index contributed by atoms with van der Waals surface area (Å²) in [5, 5.41) is 0. The predicted octanol–water partition coefficient (Wildman–Crippen LogP) is 1.13. The Labute approximate surface area is 80.9 Å². The summed E-state index contributed by atoms with van der Waals surface area (Å²) in [5.41, 5.74) is 11.2. The van der Waals surface area contributed by atoms with Crippen molar-refractivity contribution >= 4 is 11.7 Å². The van der Waals surface area contributed by atoms with Crippen molar-refractivity contribution in [3.05, 3.63) is 24.2 Å². The normalized spacial score (nSPS) is 9.29. The van der Waals surface area contributed by atoms with E-state index < -0.39 is 0 Å². The van der Waals surface area contributed by atoms with Crippen molar-refractivity contribution in [2.75, 3.05) is 11.5 Å². The summed E-state index contributed by atoms with van der Waals surface area (Å²) in [4.78, 5) is 7.45. The van der Waals surface area contributed by atoms with Crippen LogP contribution in [0.2, 0.25) is 0 Å². The van der Waals surface area contributed by atoms with Gasteiger partial charge in [0.05, 0.1) is 0 Å². The summed E-state index contributed by atoms with van der Waals surface area (Å²) in [5.74, 6) is 1.47. The Hall–Kier alpha value is -1.98. The van der Waals surface area contributed by atoms with E-state index in [1.807, 2.05) is 6.92 Å². The maximum absolute atomic E-state index is 5.31. The molecule has 4 N–H and O–H groups in total. The zero-order valence-corrected chi connectivity index (χ0v) is 8.02. The molecule has 2 rings (SSSR count). The third-order valence-corrected chi connectivity index (χ3v) is 1.39. The molecule has 0 saturated carbocycles. The lowest BCUT2D eigenvalue weighted by atomic mass is 10.5. The third kappa shape index (κ3) is 2.81. The van der Waals surface area contributed by atoms with Crippen LogP contribution in [0.3, 0.4) is 0 Å². The van der Waals surface area contributed by atoms with Crippen molar-refractivity contribution in [1.82, 2.24) is 9.97 Å². The van der Waals surface area contributed by atoms with Crippen LogP contribution in [0.4, 0.5) is 11.7 Å². The summed E-state index contributed by atoms with van der Waals surface area (Å²) in [6.45, 7) is 3.58. The first kappa shape index (κ1) is 10.1. The van der Waals surface area contributed by atoms with Gasteiger partial charge in [0.25, 0.3) is 0 Å². The highest BCUT2D eigenvalue weighted by Gasteiger charge is 1.98. The zero-order valence-electron chi connectivity index (χ0n) is 8.02. The molecule has 0 bridgehead atoms. The minimum Gasteiger partial charge on any atom is -0.449 e. The summed E-state index contributed by atoms with van der Waals surface area (Å²) in [6, 6.07) is 0. The van der Waals surface area contributed by atoms with Gasteiger partial charge in [-0.25, -0.2) is 4.98 Å². The smallest absolute Gasteiger partial charge is 0.214 e. The average Bonchev–Trinajstić information content (AvgIpc) is 2.65. The fraction of sp³-hybridized carbons (Fsp3) is 0.250. The van der Waals surface area contributed by atoms with Gasteiger partial charge in [-0.05, 0) is 6.92 Å². The van der Waals surface area contributed by atoms with Crippen LogP contribution in [0.25, 0.3) is 0 Å². The van der Waals surface area contributed by atoms with Crippen LogP contribution in [0, 0.1) is 13.8 Å². The molecule has 2 aromatic rings. The molecule has 6 heteroatoms. The Bertz CT molecular complexity index is 360. The highest BCUT2D eigenvalue weighted by molar-refractivity contribution is 5.28. The van der Waals surface area contributed by atoms with E-state index in [9.17, 15) is 0 Å². The average molecular weight is 196 g/mol. The van der Waals surface area contributed by atoms with Crippen molar-refractivity contribution in [2.45, 2.75) is 13.8 Å². The first-order valence-electron chi connectivity index (χ1n) is 3.92. The summed E-state index contributed by atoms with van der Waals surface area (Å²) in [7, 11) is 0. The van der Waals surface area contributed by atoms with E-state index in [0.717, 1.165) is 5.69 Å². The predicted molar refractivity (Wildman–Crippen MR) is 51.3 cm³/mol. The van der Waals surface area contributed by atoms with Gasteiger partial charge in [0, 0.05) is 6.92 Å². The molecule has 0 radical (unpaired) electrons. The molecule has 0 aliphatic rings. The molecule has 0 aliphatic carbocycles. The van der Waals surface area contributed by atoms with E-state index in [-0.39, 0.29) is 0 Å². The van der Waals surface area contributed by atoms with Crippen molar-refractivity contribution in [2.24, 2.45) is 0 Å². The molecule has 2 aromatic heterocycles. The molecule has 14 heavy (non-hydrogen) atoms. The summed E-state index contributed by atoms with van der Waals surface area (Å²) < 4.78 is 9.36.